The average molecular weight is 607 g/mol. The van der Waals surface area contributed by atoms with Crippen LogP contribution in [0.4, 0.5) is 5.69 Å². The molecule has 0 unspecified atom stereocenters. The van der Waals surface area contributed by atoms with Gasteiger partial charge in [-0.1, -0.05) is 61.3 Å². The SMILES string of the molecule is CCCNC(=O)[C@H](CC)N(Cc1c(Cl)cccc1Cl)C(=O)CN(c1ccc(OC)cc1)S(=O)(=O)c1ccccc1. The fourth-order valence-electron chi connectivity index (χ4n) is 4.14. The van der Waals surface area contributed by atoms with Crippen LogP contribution in [-0.2, 0) is 26.2 Å². The average Bonchev–Trinajstić information content (AvgIpc) is 2.96. The minimum atomic E-state index is -4.17. The fraction of sp³-hybridized carbons (Fsp3) is 0.310. The molecule has 1 N–H and O–H groups in total. The fourth-order valence-corrected chi connectivity index (χ4v) is 6.09. The van der Waals surface area contributed by atoms with Crippen molar-refractivity contribution in [3.05, 3.63) is 88.4 Å². The second kappa shape index (κ2) is 14.4. The van der Waals surface area contributed by atoms with Crippen LogP contribution in [0.5, 0.6) is 5.75 Å². The van der Waals surface area contributed by atoms with Crippen molar-refractivity contribution in [2.45, 2.75) is 44.2 Å². The largest absolute Gasteiger partial charge is 0.497 e. The lowest BCUT2D eigenvalue weighted by Crippen LogP contribution is -2.52. The highest BCUT2D eigenvalue weighted by Gasteiger charge is 2.34. The zero-order valence-corrected chi connectivity index (χ0v) is 25.0. The van der Waals surface area contributed by atoms with Gasteiger partial charge < -0.3 is 15.0 Å². The van der Waals surface area contributed by atoms with E-state index in [0.717, 1.165) is 4.31 Å². The van der Waals surface area contributed by atoms with E-state index in [9.17, 15) is 18.0 Å². The molecule has 0 aliphatic rings. The highest BCUT2D eigenvalue weighted by molar-refractivity contribution is 7.92. The molecule has 0 aromatic heterocycles. The van der Waals surface area contributed by atoms with E-state index in [1.54, 1.807) is 67.6 Å². The zero-order valence-electron chi connectivity index (χ0n) is 22.6. The minimum Gasteiger partial charge on any atom is -0.497 e. The first-order chi connectivity index (χ1) is 19.1. The van der Waals surface area contributed by atoms with Crippen LogP contribution in [0.25, 0.3) is 0 Å². The summed E-state index contributed by atoms with van der Waals surface area (Å²) < 4.78 is 33.9. The number of rotatable bonds is 13. The van der Waals surface area contributed by atoms with Crippen molar-refractivity contribution < 1.29 is 22.7 Å². The van der Waals surface area contributed by atoms with E-state index in [-0.39, 0.29) is 29.5 Å². The number of anilines is 1. The molecule has 0 heterocycles. The summed E-state index contributed by atoms with van der Waals surface area (Å²) in [5, 5.41) is 3.51. The van der Waals surface area contributed by atoms with E-state index in [1.165, 1.54) is 24.1 Å². The Morgan fingerprint density at radius 1 is 0.925 bits per heavy atom. The highest BCUT2D eigenvalue weighted by Crippen LogP contribution is 2.29. The number of amides is 2. The molecule has 0 fully saturated rings. The maximum Gasteiger partial charge on any atom is 0.264 e. The van der Waals surface area contributed by atoms with Gasteiger partial charge in [0.2, 0.25) is 11.8 Å². The molecule has 0 aliphatic heterocycles. The molecule has 0 aliphatic carbocycles. The van der Waals surface area contributed by atoms with Crippen LogP contribution in [0.2, 0.25) is 10.0 Å². The molecule has 3 aromatic rings. The first-order valence-electron chi connectivity index (χ1n) is 12.9. The standard InChI is InChI=1S/C29H33Cl2N3O5S/c1-4-18-32-29(36)27(5-2)33(19-24-25(30)12-9-13-26(24)31)28(35)20-34(21-14-16-22(39-3)17-15-21)40(37,38)23-10-7-6-8-11-23/h6-17,27H,4-5,18-20H2,1-3H3,(H,32,36)/t27-/m0/s1. The monoisotopic (exact) mass is 605 g/mol. The number of carbonyl (C=O) groups is 2. The van der Waals surface area contributed by atoms with Crippen LogP contribution in [0.15, 0.2) is 77.7 Å². The minimum absolute atomic E-state index is 0.0204. The third-order valence-corrected chi connectivity index (χ3v) is 8.79. The van der Waals surface area contributed by atoms with Crippen LogP contribution in [0.1, 0.15) is 32.3 Å². The number of hydrogen-bond acceptors (Lipinski definition) is 5. The Hall–Kier alpha value is -3.27. The molecular weight excluding hydrogens is 573 g/mol. The van der Waals surface area contributed by atoms with E-state index in [0.29, 0.717) is 34.3 Å². The summed E-state index contributed by atoms with van der Waals surface area (Å²) in [7, 11) is -2.66. The second-order valence-electron chi connectivity index (χ2n) is 8.96. The first kappa shape index (κ1) is 31.3. The second-order valence-corrected chi connectivity index (χ2v) is 11.6. The summed E-state index contributed by atoms with van der Waals surface area (Å²) >= 11 is 12.9. The normalized spacial score (nSPS) is 11.9. The molecule has 3 rings (SSSR count). The summed E-state index contributed by atoms with van der Waals surface area (Å²) in [6.07, 6.45) is 1.00. The Bertz CT molecular complexity index is 1380. The van der Waals surface area contributed by atoms with Crippen LogP contribution >= 0.6 is 23.2 Å². The Morgan fingerprint density at radius 2 is 1.55 bits per heavy atom. The van der Waals surface area contributed by atoms with Crippen molar-refractivity contribution in [3.63, 3.8) is 0 Å². The third kappa shape index (κ3) is 7.47. The number of methoxy groups -OCH3 is 1. The van der Waals surface area contributed by atoms with Gasteiger partial charge in [0.25, 0.3) is 10.0 Å². The van der Waals surface area contributed by atoms with Crippen molar-refractivity contribution in [3.8, 4) is 5.75 Å². The van der Waals surface area contributed by atoms with Gasteiger partial charge in [-0.3, -0.25) is 13.9 Å². The van der Waals surface area contributed by atoms with Crippen molar-refractivity contribution in [1.29, 1.82) is 0 Å². The van der Waals surface area contributed by atoms with E-state index in [1.807, 2.05) is 6.92 Å². The number of nitrogens with zero attached hydrogens (tertiary/aromatic N) is 2. The molecule has 11 heteroatoms. The van der Waals surface area contributed by atoms with Crippen molar-refractivity contribution >= 4 is 50.7 Å². The maximum absolute atomic E-state index is 14.1. The summed E-state index contributed by atoms with van der Waals surface area (Å²) in [4.78, 5) is 28.6. The number of benzene rings is 3. The molecule has 40 heavy (non-hydrogen) atoms. The Kier molecular flexibility index (Phi) is 11.2. The Morgan fingerprint density at radius 3 is 2.10 bits per heavy atom. The number of ether oxygens (including phenoxy) is 1. The molecule has 2 amide bonds. The number of halogens is 2. The molecule has 214 valence electrons. The highest BCUT2D eigenvalue weighted by atomic mass is 35.5. The Labute approximate surface area is 245 Å². The molecule has 0 bridgehead atoms. The van der Waals surface area contributed by atoms with Gasteiger partial charge in [-0.05, 0) is 61.4 Å². The van der Waals surface area contributed by atoms with E-state index >= 15 is 0 Å². The van der Waals surface area contributed by atoms with Crippen molar-refractivity contribution in [2.75, 3.05) is 24.5 Å². The van der Waals surface area contributed by atoms with Gasteiger partial charge in [0, 0.05) is 28.7 Å². The summed E-state index contributed by atoms with van der Waals surface area (Å²) in [6.45, 7) is 3.49. The lowest BCUT2D eigenvalue weighted by atomic mass is 10.1. The van der Waals surface area contributed by atoms with Gasteiger partial charge in [-0.2, -0.15) is 0 Å². The number of hydrogen-bond donors (Lipinski definition) is 1. The molecule has 1 atom stereocenters. The summed E-state index contributed by atoms with van der Waals surface area (Å²) in [5.74, 6) is -0.409. The summed E-state index contributed by atoms with van der Waals surface area (Å²) in [5.41, 5.74) is 0.722. The van der Waals surface area contributed by atoms with Gasteiger partial charge in [0.1, 0.15) is 18.3 Å². The molecular formula is C29H33Cl2N3O5S. The molecule has 3 aromatic carbocycles. The van der Waals surface area contributed by atoms with Crippen LogP contribution < -0.4 is 14.4 Å². The van der Waals surface area contributed by atoms with Gasteiger partial charge in [-0.15, -0.1) is 0 Å². The van der Waals surface area contributed by atoms with Crippen LogP contribution in [0.3, 0.4) is 0 Å². The van der Waals surface area contributed by atoms with Gasteiger partial charge >= 0.3 is 0 Å². The van der Waals surface area contributed by atoms with Gasteiger partial charge in [0.15, 0.2) is 0 Å². The third-order valence-electron chi connectivity index (χ3n) is 6.30. The van der Waals surface area contributed by atoms with E-state index in [4.69, 9.17) is 27.9 Å². The molecule has 0 saturated heterocycles. The van der Waals surface area contributed by atoms with Gasteiger partial charge in [-0.25, -0.2) is 8.42 Å². The molecule has 0 spiro atoms. The number of carbonyl (C=O) groups excluding carboxylic acids is 2. The number of sulfonamides is 1. The molecule has 8 nitrogen and oxygen atoms in total. The quantitative estimate of drug-likeness (QED) is 0.276. The lowest BCUT2D eigenvalue weighted by molar-refractivity contribution is -0.140. The van der Waals surface area contributed by atoms with Crippen molar-refractivity contribution in [1.82, 2.24) is 10.2 Å². The topological polar surface area (TPSA) is 96.0 Å². The predicted octanol–water partition coefficient (Wildman–Crippen LogP) is 5.53. The maximum atomic E-state index is 14.1. The van der Waals surface area contributed by atoms with Gasteiger partial charge in [0.05, 0.1) is 17.7 Å². The lowest BCUT2D eigenvalue weighted by Gasteiger charge is -2.33. The molecule has 0 radical (unpaired) electrons. The Balaban J connectivity index is 2.08. The van der Waals surface area contributed by atoms with Crippen LogP contribution in [0, 0.1) is 0 Å². The number of nitrogens with one attached hydrogen (secondary N) is 1. The van der Waals surface area contributed by atoms with Crippen LogP contribution in [-0.4, -0.2) is 51.4 Å². The smallest absolute Gasteiger partial charge is 0.264 e. The van der Waals surface area contributed by atoms with Crippen molar-refractivity contribution in [2.24, 2.45) is 0 Å². The zero-order chi connectivity index (χ0) is 29.3. The predicted molar refractivity (Wildman–Crippen MR) is 158 cm³/mol. The first-order valence-corrected chi connectivity index (χ1v) is 15.1. The molecule has 0 saturated carbocycles. The summed E-state index contributed by atoms with van der Waals surface area (Å²) in [6, 6.07) is 18.3. The van der Waals surface area contributed by atoms with E-state index < -0.39 is 28.5 Å². The van der Waals surface area contributed by atoms with E-state index in [2.05, 4.69) is 5.32 Å².